The van der Waals surface area contributed by atoms with E-state index in [0.717, 1.165) is 50.5 Å². The van der Waals surface area contributed by atoms with Crippen molar-refractivity contribution in [3.63, 3.8) is 0 Å². The van der Waals surface area contributed by atoms with Gasteiger partial charge in [0, 0.05) is 19.2 Å². The van der Waals surface area contributed by atoms with Crippen LogP contribution in [0.25, 0.3) is 11.0 Å². The average Bonchev–Trinajstić information content (AvgIpc) is 3.57. The fourth-order valence-corrected chi connectivity index (χ4v) is 5.36. The topological polar surface area (TPSA) is 89.4 Å². The number of nitrogens with zero attached hydrogens (tertiary/aromatic N) is 4. The molecule has 1 saturated heterocycles. The van der Waals surface area contributed by atoms with Gasteiger partial charge in [-0.05, 0) is 55.5 Å². The van der Waals surface area contributed by atoms with Crippen LogP contribution in [-0.4, -0.2) is 57.0 Å². The highest BCUT2D eigenvalue weighted by Crippen LogP contribution is 2.32. The van der Waals surface area contributed by atoms with Gasteiger partial charge in [0.2, 0.25) is 11.8 Å². The van der Waals surface area contributed by atoms with Crippen LogP contribution in [0.5, 0.6) is 0 Å². The van der Waals surface area contributed by atoms with E-state index in [0.29, 0.717) is 24.2 Å². The molecule has 1 saturated carbocycles. The Hall–Kier alpha value is -3.33. The summed E-state index contributed by atoms with van der Waals surface area (Å²) in [6.45, 7) is 1.05. The van der Waals surface area contributed by atoms with Crippen molar-refractivity contribution in [1.29, 1.82) is 0 Å². The standard InChI is InChI=1S/C27H32FN5O3/c28-20-14-12-19(13-15-20)26(27(35)29-17-22-9-6-16-36-22)33(21-7-2-1-3-8-21)25(34)18-32-24-11-5-4-10-23(24)30-31-32/h4-5,10-15,21-22,26H,1-3,6-9,16-18H2,(H,29,35)/t22-,26+/m0/s1. The van der Waals surface area contributed by atoms with Crippen molar-refractivity contribution in [1.82, 2.24) is 25.2 Å². The van der Waals surface area contributed by atoms with E-state index < -0.39 is 6.04 Å². The summed E-state index contributed by atoms with van der Waals surface area (Å²) in [6.07, 6.45) is 6.58. The Balaban J connectivity index is 1.47. The smallest absolute Gasteiger partial charge is 0.247 e. The zero-order valence-corrected chi connectivity index (χ0v) is 20.3. The van der Waals surface area contributed by atoms with E-state index in [1.54, 1.807) is 21.7 Å². The molecule has 3 aromatic rings. The summed E-state index contributed by atoms with van der Waals surface area (Å²) < 4.78 is 21.1. The number of hydrogen-bond acceptors (Lipinski definition) is 5. The van der Waals surface area contributed by atoms with Gasteiger partial charge in [-0.3, -0.25) is 9.59 Å². The molecule has 0 spiro atoms. The van der Waals surface area contributed by atoms with Crippen LogP contribution >= 0.6 is 0 Å². The Morgan fingerprint density at radius 2 is 1.83 bits per heavy atom. The lowest BCUT2D eigenvalue weighted by Gasteiger charge is -2.39. The number of ether oxygens (including phenoxy) is 1. The first-order chi connectivity index (χ1) is 17.6. The molecule has 1 aliphatic carbocycles. The Morgan fingerprint density at radius 1 is 1.06 bits per heavy atom. The fourth-order valence-electron chi connectivity index (χ4n) is 5.36. The van der Waals surface area contributed by atoms with Gasteiger partial charge in [-0.1, -0.05) is 48.7 Å². The summed E-state index contributed by atoms with van der Waals surface area (Å²) in [5.41, 5.74) is 2.05. The zero-order chi connectivity index (χ0) is 24.9. The first-order valence-corrected chi connectivity index (χ1v) is 12.8. The number of carbonyl (C=O) groups excluding carboxylic acids is 2. The first kappa shape index (κ1) is 24.4. The monoisotopic (exact) mass is 493 g/mol. The molecular weight excluding hydrogens is 461 g/mol. The van der Waals surface area contributed by atoms with Gasteiger partial charge in [0.25, 0.3) is 0 Å². The van der Waals surface area contributed by atoms with Crippen LogP contribution in [-0.2, 0) is 20.9 Å². The Morgan fingerprint density at radius 3 is 2.58 bits per heavy atom. The molecule has 2 fully saturated rings. The van der Waals surface area contributed by atoms with E-state index in [9.17, 15) is 14.0 Å². The molecule has 2 aromatic carbocycles. The molecule has 5 rings (SSSR count). The third-order valence-electron chi connectivity index (χ3n) is 7.20. The Kier molecular flexibility index (Phi) is 7.55. The fraction of sp³-hybridized carbons (Fsp3) is 0.481. The second-order valence-corrected chi connectivity index (χ2v) is 9.66. The molecular formula is C27H32FN5O3. The highest BCUT2D eigenvalue weighted by Gasteiger charge is 2.37. The van der Waals surface area contributed by atoms with Crippen molar-refractivity contribution >= 4 is 22.8 Å². The molecule has 2 amide bonds. The SMILES string of the molecule is O=C(NC[C@@H]1CCCO1)[C@@H](c1ccc(F)cc1)N(C(=O)Cn1nnc2ccccc21)C1CCCCC1. The number of carbonyl (C=O) groups is 2. The van der Waals surface area contributed by atoms with Crippen molar-refractivity contribution < 1.29 is 18.7 Å². The van der Waals surface area contributed by atoms with Gasteiger partial charge >= 0.3 is 0 Å². The number of nitrogens with one attached hydrogen (secondary N) is 1. The van der Waals surface area contributed by atoms with Gasteiger partial charge in [0.15, 0.2) is 0 Å². The van der Waals surface area contributed by atoms with E-state index in [1.165, 1.54) is 12.1 Å². The zero-order valence-electron chi connectivity index (χ0n) is 20.3. The van der Waals surface area contributed by atoms with Crippen LogP contribution in [0.2, 0.25) is 0 Å². The van der Waals surface area contributed by atoms with Crippen LogP contribution in [0.15, 0.2) is 48.5 Å². The molecule has 0 unspecified atom stereocenters. The molecule has 1 N–H and O–H groups in total. The largest absolute Gasteiger partial charge is 0.376 e. The lowest BCUT2D eigenvalue weighted by atomic mass is 9.91. The number of amides is 2. The van der Waals surface area contributed by atoms with Crippen LogP contribution in [0.4, 0.5) is 4.39 Å². The molecule has 9 heteroatoms. The summed E-state index contributed by atoms with van der Waals surface area (Å²) in [5, 5.41) is 11.4. The maximum absolute atomic E-state index is 14.0. The van der Waals surface area contributed by atoms with Gasteiger partial charge in [-0.25, -0.2) is 9.07 Å². The van der Waals surface area contributed by atoms with Crippen molar-refractivity contribution in [2.75, 3.05) is 13.2 Å². The maximum atomic E-state index is 14.0. The van der Waals surface area contributed by atoms with Crippen LogP contribution in [0.3, 0.4) is 0 Å². The third-order valence-corrected chi connectivity index (χ3v) is 7.20. The molecule has 2 aliphatic rings. The van der Waals surface area contributed by atoms with E-state index in [-0.39, 0.29) is 36.3 Å². The minimum Gasteiger partial charge on any atom is -0.376 e. The normalized spacial score (nSPS) is 19.3. The quantitative estimate of drug-likeness (QED) is 0.516. The number of halogens is 1. The highest BCUT2D eigenvalue weighted by atomic mass is 19.1. The van der Waals surface area contributed by atoms with Crippen LogP contribution in [0, 0.1) is 5.82 Å². The maximum Gasteiger partial charge on any atom is 0.247 e. The molecule has 8 nitrogen and oxygen atoms in total. The molecule has 190 valence electrons. The van der Waals surface area contributed by atoms with Crippen molar-refractivity contribution in [2.45, 2.75) is 69.7 Å². The number of rotatable bonds is 8. The second kappa shape index (κ2) is 11.2. The molecule has 1 aliphatic heterocycles. The van der Waals surface area contributed by atoms with Crippen molar-refractivity contribution in [3.8, 4) is 0 Å². The van der Waals surface area contributed by atoms with E-state index in [4.69, 9.17) is 4.74 Å². The van der Waals surface area contributed by atoms with Gasteiger partial charge in [-0.15, -0.1) is 5.10 Å². The first-order valence-electron chi connectivity index (χ1n) is 12.8. The number of aromatic nitrogens is 3. The van der Waals surface area contributed by atoms with Crippen LogP contribution < -0.4 is 5.32 Å². The van der Waals surface area contributed by atoms with Gasteiger partial charge < -0.3 is 15.0 Å². The van der Waals surface area contributed by atoms with E-state index >= 15 is 0 Å². The number of para-hydroxylation sites is 1. The molecule has 1 aromatic heterocycles. The number of hydrogen-bond donors (Lipinski definition) is 1. The summed E-state index contributed by atoms with van der Waals surface area (Å²) in [6, 6.07) is 12.4. The van der Waals surface area contributed by atoms with Crippen LogP contribution in [0.1, 0.15) is 56.6 Å². The minimum atomic E-state index is -0.877. The highest BCUT2D eigenvalue weighted by molar-refractivity contribution is 5.89. The summed E-state index contributed by atoms with van der Waals surface area (Å²) in [4.78, 5) is 29.4. The number of fused-ring (bicyclic) bond motifs is 1. The van der Waals surface area contributed by atoms with Gasteiger partial charge in [0.05, 0.1) is 11.6 Å². The lowest BCUT2D eigenvalue weighted by molar-refractivity contribution is -0.145. The Bertz CT molecular complexity index is 1190. The Labute approximate surface area is 209 Å². The van der Waals surface area contributed by atoms with Crippen molar-refractivity contribution in [2.24, 2.45) is 0 Å². The second-order valence-electron chi connectivity index (χ2n) is 9.66. The van der Waals surface area contributed by atoms with Crippen molar-refractivity contribution in [3.05, 3.63) is 59.9 Å². The average molecular weight is 494 g/mol. The summed E-state index contributed by atoms with van der Waals surface area (Å²) in [5.74, 6) is -0.875. The minimum absolute atomic E-state index is 0.0248. The predicted molar refractivity (Wildman–Crippen MR) is 132 cm³/mol. The van der Waals surface area contributed by atoms with Gasteiger partial charge in [-0.2, -0.15) is 0 Å². The summed E-state index contributed by atoms with van der Waals surface area (Å²) >= 11 is 0. The van der Waals surface area contributed by atoms with E-state index in [2.05, 4.69) is 15.6 Å². The molecule has 2 heterocycles. The third kappa shape index (κ3) is 5.41. The van der Waals surface area contributed by atoms with Gasteiger partial charge in [0.1, 0.15) is 23.9 Å². The molecule has 0 radical (unpaired) electrons. The van der Waals surface area contributed by atoms with E-state index in [1.807, 2.05) is 24.3 Å². The summed E-state index contributed by atoms with van der Waals surface area (Å²) in [7, 11) is 0. The molecule has 36 heavy (non-hydrogen) atoms. The predicted octanol–water partition coefficient (Wildman–Crippen LogP) is 3.77. The lowest BCUT2D eigenvalue weighted by Crippen LogP contribution is -2.51. The molecule has 0 bridgehead atoms. The number of benzene rings is 2. The molecule has 2 atom stereocenters.